The Morgan fingerprint density at radius 2 is 2.00 bits per heavy atom. The van der Waals surface area contributed by atoms with E-state index in [2.05, 4.69) is 0 Å². The molecule has 0 heterocycles. The number of nitrogens with one attached hydrogen (secondary N) is 1. The van der Waals surface area contributed by atoms with Gasteiger partial charge in [0.15, 0.2) is 11.5 Å². The van der Waals surface area contributed by atoms with Crippen LogP contribution in [0.3, 0.4) is 0 Å². The van der Waals surface area contributed by atoms with Crippen molar-refractivity contribution in [2.75, 3.05) is 33.9 Å². The number of hydrogen-bond donors (Lipinski definition) is 2. The van der Waals surface area contributed by atoms with Gasteiger partial charge in [-0.2, -0.15) is 0 Å². The quantitative estimate of drug-likeness (QED) is 0.566. The molecule has 1 aromatic carbocycles. The molecule has 0 spiro atoms. The van der Waals surface area contributed by atoms with Gasteiger partial charge < -0.3 is 20.1 Å². The molecule has 1 aromatic rings. The molecule has 0 aliphatic heterocycles. The van der Waals surface area contributed by atoms with Crippen LogP contribution in [0.4, 0.5) is 0 Å². The number of likely N-dealkylation sites (N-methyl/N-ethyl adjacent to an activating group) is 1. The molecule has 3 N–H and O–H groups in total. The summed E-state index contributed by atoms with van der Waals surface area (Å²) >= 11 is 0. The van der Waals surface area contributed by atoms with Crippen LogP contribution in [0.2, 0.25) is 0 Å². The zero-order valence-electron chi connectivity index (χ0n) is 11.2. The van der Waals surface area contributed by atoms with Crippen LogP contribution in [-0.4, -0.2) is 44.6 Å². The molecule has 0 aliphatic carbocycles. The van der Waals surface area contributed by atoms with E-state index in [1.807, 2.05) is 25.9 Å². The molecule has 0 radical (unpaired) electrons. The molecule has 1 rings (SSSR count). The third kappa shape index (κ3) is 4.25. The number of nitrogen functional groups attached to an aromatic ring is 1. The first kappa shape index (κ1) is 14.3. The van der Waals surface area contributed by atoms with Gasteiger partial charge in [-0.1, -0.05) is 0 Å². The highest BCUT2D eigenvalue weighted by atomic mass is 16.5. The van der Waals surface area contributed by atoms with E-state index in [0.717, 1.165) is 6.54 Å². The zero-order chi connectivity index (χ0) is 13.5. The molecule has 0 saturated heterocycles. The van der Waals surface area contributed by atoms with E-state index in [0.29, 0.717) is 30.3 Å². The molecular weight excluding hydrogens is 230 g/mol. The Hall–Kier alpha value is -1.75. The maximum Gasteiger partial charge on any atom is 0.161 e. The second-order valence-electron chi connectivity index (χ2n) is 4.16. The summed E-state index contributed by atoms with van der Waals surface area (Å²) < 4.78 is 11.2. The van der Waals surface area contributed by atoms with Crippen LogP contribution in [0.1, 0.15) is 12.5 Å². The number of amidine groups is 1. The Morgan fingerprint density at radius 3 is 2.56 bits per heavy atom. The van der Waals surface area contributed by atoms with E-state index in [1.165, 1.54) is 0 Å². The van der Waals surface area contributed by atoms with Crippen molar-refractivity contribution in [1.29, 1.82) is 5.41 Å². The normalized spacial score (nSPS) is 10.4. The molecule has 5 heteroatoms. The highest BCUT2D eigenvalue weighted by Gasteiger charge is 2.08. The van der Waals surface area contributed by atoms with E-state index < -0.39 is 0 Å². The van der Waals surface area contributed by atoms with Crippen molar-refractivity contribution in [3.8, 4) is 11.5 Å². The summed E-state index contributed by atoms with van der Waals surface area (Å²) in [4.78, 5) is 2.05. The lowest BCUT2D eigenvalue weighted by Gasteiger charge is -2.15. The molecule has 0 saturated carbocycles. The van der Waals surface area contributed by atoms with Crippen molar-refractivity contribution in [2.45, 2.75) is 6.92 Å². The molecule has 100 valence electrons. The van der Waals surface area contributed by atoms with Crippen molar-refractivity contribution in [3.63, 3.8) is 0 Å². The Kier molecular flexibility index (Phi) is 5.45. The van der Waals surface area contributed by atoms with Crippen LogP contribution in [0.15, 0.2) is 18.2 Å². The maximum atomic E-state index is 7.40. The monoisotopic (exact) mass is 251 g/mol. The molecule has 5 nitrogen and oxygen atoms in total. The summed E-state index contributed by atoms with van der Waals surface area (Å²) in [7, 11) is 3.98. The van der Waals surface area contributed by atoms with E-state index in [-0.39, 0.29) is 5.84 Å². The van der Waals surface area contributed by atoms with Crippen LogP contribution in [0.25, 0.3) is 0 Å². The minimum absolute atomic E-state index is 0.0239. The molecule has 0 fully saturated rings. The van der Waals surface area contributed by atoms with Gasteiger partial charge in [-0.25, -0.2) is 0 Å². The number of nitrogens with zero attached hydrogens (tertiary/aromatic N) is 1. The molecular formula is C13H21N3O2. The average molecular weight is 251 g/mol. The molecule has 0 aromatic heterocycles. The van der Waals surface area contributed by atoms with Gasteiger partial charge in [-0.15, -0.1) is 0 Å². The first-order valence-corrected chi connectivity index (χ1v) is 5.93. The van der Waals surface area contributed by atoms with Crippen LogP contribution >= 0.6 is 0 Å². The number of rotatable bonds is 7. The van der Waals surface area contributed by atoms with Crippen LogP contribution in [0, 0.1) is 5.41 Å². The first-order valence-electron chi connectivity index (χ1n) is 5.93. The number of benzene rings is 1. The highest BCUT2D eigenvalue weighted by Crippen LogP contribution is 2.28. The fraction of sp³-hybridized carbons (Fsp3) is 0.462. The summed E-state index contributed by atoms with van der Waals surface area (Å²) in [6, 6.07) is 5.28. The number of hydrogen-bond acceptors (Lipinski definition) is 4. The Labute approximate surface area is 108 Å². The Morgan fingerprint density at radius 1 is 1.28 bits per heavy atom. The predicted octanol–water partition coefficient (Wildman–Crippen LogP) is 1.31. The standard InChI is InChI=1S/C13H21N3O2/c1-4-17-12-9-10(13(14)15)5-6-11(12)18-8-7-16(2)3/h5-6,9H,4,7-8H2,1-3H3,(H3,14,15). The van der Waals surface area contributed by atoms with Gasteiger partial charge in [-0.05, 0) is 39.2 Å². The van der Waals surface area contributed by atoms with Crippen LogP contribution < -0.4 is 15.2 Å². The van der Waals surface area contributed by atoms with Gasteiger partial charge in [0, 0.05) is 12.1 Å². The van der Waals surface area contributed by atoms with E-state index in [9.17, 15) is 0 Å². The SMILES string of the molecule is CCOc1cc(C(=N)N)ccc1OCCN(C)C. The number of nitrogens with two attached hydrogens (primary N) is 1. The van der Waals surface area contributed by atoms with Crippen LogP contribution in [0.5, 0.6) is 11.5 Å². The lowest BCUT2D eigenvalue weighted by Crippen LogP contribution is -2.19. The minimum atomic E-state index is 0.0239. The van der Waals surface area contributed by atoms with Gasteiger partial charge in [0.2, 0.25) is 0 Å². The predicted molar refractivity (Wildman–Crippen MR) is 72.7 cm³/mol. The van der Waals surface area contributed by atoms with Crippen molar-refractivity contribution < 1.29 is 9.47 Å². The summed E-state index contributed by atoms with van der Waals surface area (Å²) in [5, 5.41) is 7.40. The molecule has 0 bridgehead atoms. The zero-order valence-corrected chi connectivity index (χ0v) is 11.2. The van der Waals surface area contributed by atoms with Crippen molar-refractivity contribution in [2.24, 2.45) is 5.73 Å². The largest absolute Gasteiger partial charge is 0.490 e. The maximum absolute atomic E-state index is 7.40. The van der Waals surface area contributed by atoms with Crippen molar-refractivity contribution in [1.82, 2.24) is 4.90 Å². The summed E-state index contributed by atoms with van der Waals surface area (Å²) in [5.74, 6) is 1.34. The summed E-state index contributed by atoms with van der Waals surface area (Å²) in [6.45, 7) is 3.88. The lowest BCUT2D eigenvalue weighted by atomic mass is 10.2. The van der Waals surface area contributed by atoms with Gasteiger partial charge in [0.25, 0.3) is 0 Å². The molecule has 18 heavy (non-hydrogen) atoms. The highest BCUT2D eigenvalue weighted by molar-refractivity contribution is 5.95. The Balaban J connectivity index is 2.79. The second-order valence-corrected chi connectivity index (χ2v) is 4.16. The second kappa shape index (κ2) is 6.86. The average Bonchev–Trinajstić information content (AvgIpc) is 2.30. The fourth-order valence-corrected chi connectivity index (χ4v) is 1.40. The van der Waals surface area contributed by atoms with E-state index in [1.54, 1.807) is 18.2 Å². The lowest BCUT2D eigenvalue weighted by molar-refractivity contribution is 0.244. The molecule has 0 atom stereocenters. The van der Waals surface area contributed by atoms with Gasteiger partial charge in [0.05, 0.1) is 6.61 Å². The summed E-state index contributed by atoms with van der Waals surface area (Å²) in [5.41, 5.74) is 6.09. The number of ether oxygens (including phenoxy) is 2. The van der Waals surface area contributed by atoms with Crippen LogP contribution in [-0.2, 0) is 0 Å². The van der Waals surface area contributed by atoms with Gasteiger partial charge >= 0.3 is 0 Å². The Bertz CT molecular complexity index is 405. The molecule has 0 aliphatic rings. The van der Waals surface area contributed by atoms with Gasteiger partial charge in [0.1, 0.15) is 12.4 Å². The fourth-order valence-electron chi connectivity index (χ4n) is 1.40. The third-order valence-electron chi connectivity index (χ3n) is 2.35. The van der Waals surface area contributed by atoms with Crippen molar-refractivity contribution in [3.05, 3.63) is 23.8 Å². The first-order chi connectivity index (χ1) is 8.54. The van der Waals surface area contributed by atoms with E-state index in [4.69, 9.17) is 20.6 Å². The topological polar surface area (TPSA) is 71.6 Å². The van der Waals surface area contributed by atoms with Crippen molar-refractivity contribution >= 4 is 5.84 Å². The third-order valence-corrected chi connectivity index (χ3v) is 2.35. The molecule has 0 amide bonds. The minimum Gasteiger partial charge on any atom is -0.490 e. The van der Waals surface area contributed by atoms with Gasteiger partial charge in [-0.3, -0.25) is 5.41 Å². The molecule has 0 unspecified atom stereocenters. The summed E-state index contributed by atoms with van der Waals surface area (Å²) in [6.07, 6.45) is 0. The van der Waals surface area contributed by atoms with E-state index >= 15 is 0 Å². The smallest absolute Gasteiger partial charge is 0.161 e.